The molecule has 224 valence electrons. The molecule has 0 bridgehead atoms. The van der Waals surface area contributed by atoms with Gasteiger partial charge in [0.15, 0.2) is 9.84 Å². The Morgan fingerprint density at radius 1 is 0.953 bits per heavy atom. The molecule has 5 heterocycles. The first kappa shape index (κ1) is 30.0. The zero-order valence-electron chi connectivity index (χ0n) is 24.3. The van der Waals surface area contributed by atoms with Crippen LogP contribution in [0.2, 0.25) is 0 Å². The molecule has 43 heavy (non-hydrogen) atoms. The Labute approximate surface area is 250 Å². The van der Waals surface area contributed by atoms with Crippen molar-refractivity contribution >= 4 is 38.4 Å². The fourth-order valence-corrected chi connectivity index (χ4v) is 5.36. The van der Waals surface area contributed by atoms with E-state index < -0.39 is 15.7 Å². The summed E-state index contributed by atoms with van der Waals surface area (Å²) in [7, 11) is -3.48. The molecule has 0 radical (unpaired) electrons. The lowest BCUT2D eigenvalue weighted by Gasteiger charge is -2.35. The van der Waals surface area contributed by atoms with Crippen molar-refractivity contribution in [2.75, 3.05) is 43.9 Å². The fourth-order valence-electron chi connectivity index (χ4n) is 4.76. The number of carbonyl (C=O) groups excluding carboxylic acids is 2. The number of fused-ring (bicyclic) bond motifs is 1. The molecule has 4 aromatic heterocycles. The number of piperazine rings is 1. The number of nitrogens with zero attached hydrogens (tertiary/aromatic N) is 6. The monoisotopic (exact) mass is 602 g/mol. The first-order valence-electron chi connectivity index (χ1n) is 14.0. The minimum Gasteiger partial charge on any atom is -0.354 e. The van der Waals surface area contributed by atoms with E-state index in [-0.39, 0.29) is 29.0 Å². The van der Waals surface area contributed by atoms with Gasteiger partial charge in [-0.15, -0.1) is 0 Å². The third kappa shape index (κ3) is 7.67. The van der Waals surface area contributed by atoms with Gasteiger partial charge in [-0.05, 0) is 50.2 Å². The summed E-state index contributed by atoms with van der Waals surface area (Å²) in [5, 5.41) is 6.55. The van der Waals surface area contributed by atoms with Crippen LogP contribution < -0.4 is 15.5 Å². The summed E-state index contributed by atoms with van der Waals surface area (Å²) in [6.45, 7) is 7.53. The van der Waals surface area contributed by atoms with Gasteiger partial charge in [-0.3, -0.25) is 24.5 Å². The van der Waals surface area contributed by atoms with E-state index in [1.807, 2.05) is 50.2 Å². The third-order valence-electron chi connectivity index (χ3n) is 6.97. The van der Waals surface area contributed by atoms with E-state index in [2.05, 4.69) is 30.4 Å². The Bertz CT molecular complexity index is 1750. The van der Waals surface area contributed by atoms with Gasteiger partial charge in [0, 0.05) is 62.5 Å². The zero-order valence-corrected chi connectivity index (χ0v) is 25.1. The van der Waals surface area contributed by atoms with Crippen molar-refractivity contribution in [3.8, 4) is 11.4 Å². The van der Waals surface area contributed by atoms with Crippen molar-refractivity contribution in [2.45, 2.75) is 31.3 Å². The average Bonchev–Trinajstić information content (AvgIpc) is 2.99. The number of nitrogens with one attached hydrogen (secondary N) is 2. The molecule has 13 heteroatoms. The second-order valence-electron chi connectivity index (χ2n) is 10.8. The number of sulfone groups is 1. The summed E-state index contributed by atoms with van der Waals surface area (Å²) >= 11 is 0. The molecule has 1 saturated heterocycles. The zero-order chi connectivity index (χ0) is 30.6. The van der Waals surface area contributed by atoms with E-state index in [4.69, 9.17) is 9.97 Å². The highest BCUT2D eigenvalue weighted by atomic mass is 32.2. The average molecular weight is 603 g/mol. The summed E-state index contributed by atoms with van der Waals surface area (Å²) in [6, 6.07) is 12.9. The summed E-state index contributed by atoms with van der Waals surface area (Å²) in [4.78, 5) is 47.1. The predicted octanol–water partition coefficient (Wildman–Crippen LogP) is 2.07. The molecule has 0 spiro atoms. The molecular weight excluding hydrogens is 568 g/mol. The molecule has 12 nitrogen and oxygen atoms in total. The van der Waals surface area contributed by atoms with E-state index in [0.717, 1.165) is 49.3 Å². The van der Waals surface area contributed by atoms with Crippen molar-refractivity contribution in [3.05, 3.63) is 72.3 Å². The molecule has 0 saturated carbocycles. The van der Waals surface area contributed by atoms with Gasteiger partial charge in [0.05, 0.1) is 46.1 Å². The first-order valence-corrected chi connectivity index (χ1v) is 15.9. The quantitative estimate of drug-likeness (QED) is 0.291. The highest BCUT2D eigenvalue weighted by molar-refractivity contribution is 7.90. The first-order chi connectivity index (χ1) is 20.5. The summed E-state index contributed by atoms with van der Waals surface area (Å²) in [6.07, 6.45) is 5.29. The van der Waals surface area contributed by atoms with E-state index >= 15 is 0 Å². The highest BCUT2D eigenvalue weighted by Crippen LogP contribution is 2.23. The predicted molar refractivity (Wildman–Crippen MR) is 163 cm³/mol. The second-order valence-corrected chi connectivity index (χ2v) is 12.8. The van der Waals surface area contributed by atoms with Gasteiger partial charge in [-0.2, -0.15) is 0 Å². The SMILES string of the molecule is CC(C)NC(=O)CN1CCN(c2cccc(-c3ccc4cnc(CNC(=O)c5cncc(S(C)(=O)=O)c5)cc4n3)n2)CC1. The van der Waals surface area contributed by atoms with Crippen LogP contribution in [0.25, 0.3) is 22.3 Å². The Morgan fingerprint density at radius 3 is 2.47 bits per heavy atom. The maximum Gasteiger partial charge on any atom is 0.253 e. The van der Waals surface area contributed by atoms with Crippen LogP contribution in [0, 0.1) is 0 Å². The van der Waals surface area contributed by atoms with Crippen LogP contribution in [-0.2, 0) is 21.2 Å². The summed E-state index contributed by atoms with van der Waals surface area (Å²) in [5.74, 6) is 0.448. The largest absolute Gasteiger partial charge is 0.354 e. The smallest absolute Gasteiger partial charge is 0.253 e. The second kappa shape index (κ2) is 12.8. The van der Waals surface area contributed by atoms with E-state index in [1.165, 1.54) is 18.5 Å². The lowest BCUT2D eigenvalue weighted by atomic mass is 10.2. The maximum atomic E-state index is 12.6. The normalized spacial score (nSPS) is 14.2. The number of hydrogen-bond donors (Lipinski definition) is 2. The van der Waals surface area contributed by atoms with Crippen molar-refractivity contribution in [1.29, 1.82) is 0 Å². The number of aromatic nitrogens is 4. The van der Waals surface area contributed by atoms with Gasteiger partial charge < -0.3 is 15.5 Å². The molecule has 1 aliphatic heterocycles. The summed E-state index contributed by atoms with van der Waals surface area (Å²) in [5.41, 5.74) is 2.90. The molecule has 0 atom stereocenters. The van der Waals surface area contributed by atoms with Gasteiger partial charge in [0.2, 0.25) is 5.91 Å². The number of rotatable bonds is 9. The van der Waals surface area contributed by atoms with E-state index in [0.29, 0.717) is 23.4 Å². The molecule has 4 aromatic rings. The maximum absolute atomic E-state index is 12.6. The van der Waals surface area contributed by atoms with Gasteiger partial charge in [-0.25, -0.2) is 18.4 Å². The van der Waals surface area contributed by atoms with Crippen LogP contribution in [0.15, 0.2) is 66.0 Å². The molecule has 2 N–H and O–H groups in total. The van der Waals surface area contributed by atoms with Crippen LogP contribution >= 0.6 is 0 Å². The number of hydrogen-bond acceptors (Lipinski definition) is 10. The van der Waals surface area contributed by atoms with Crippen LogP contribution in [-0.4, -0.2) is 90.1 Å². The number of amides is 2. The van der Waals surface area contributed by atoms with Crippen LogP contribution in [0.1, 0.15) is 29.9 Å². The molecule has 0 aromatic carbocycles. The molecule has 1 aliphatic rings. The number of carbonyl (C=O) groups is 2. The Kier molecular flexibility index (Phi) is 8.92. The van der Waals surface area contributed by atoms with Gasteiger partial charge >= 0.3 is 0 Å². The standard InChI is InChI=1S/C30H34N8O4S/c1-20(2)34-29(39)19-37-9-11-38(12-10-37)28-6-4-5-25(36-28)26-8-7-21-16-32-23(14-27(21)35-26)17-33-30(40)22-13-24(18-31-15-22)43(3,41)42/h4-8,13-16,18,20H,9-12,17,19H2,1-3H3,(H,33,40)(H,34,39). The van der Waals surface area contributed by atoms with Gasteiger partial charge in [0.25, 0.3) is 5.91 Å². The Morgan fingerprint density at radius 2 is 1.72 bits per heavy atom. The van der Waals surface area contributed by atoms with Crippen LogP contribution in [0.3, 0.4) is 0 Å². The van der Waals surface area contributed by atoms with Crippen molar-refractivity contribution in [2.24, 2.45) is 0 Å². The van der Waals surface area contributed by atoms with Crippen LogP contribution in [0.5, 0.6) is 0 Å². The summed E-state index contributed by atoms with van der Waals surface area (Å²) < 4.78 is 23.6. The van der Waals surface area contributed by atoms with Crippen LogP contribution in [0.4, 0.5) is 5.82 Å². The lowest BCUT2D eigenvalue weighted by molar-refractivity contribution is -0.122. The molecule has 0 aliphatic carbocycles. The number of anilines is 1. The molecule has 2 amide bonds. The van der Waals surface area contributed by atoms with Crippen molar-refractivity contribution < 1.29 is 18.0 Å². The molecule has 0 unspecified atom stereocenters. The van der Waals surface area contributed by atoms with Crippen molar-refractivity contribution in [3.63, 3.8) is 0 Å². The van der Waals surface area contributed by atoms with Crippen molar-refractivity contribution in [1.82, 2.24) is 35.5 Å². The fraction of sp³-hybridized carbons (Fsp3) is 0.333. The highest BCUT2D eigenvalue weighted by Gasteiger charge is 2.21. The Hall–Kier alpha value is -4.49. The van der Waals surface area contributed by atoms with E-state index in [9.17, 15) is 18.0 Å². The topological polar surface area (TPSA) is 150 Å². The molecular formula is C30H34N8O4S. The lowest BCUT2D eigenvalue weighted by Crippen LogP contribution is -2.50. The molecule has 1 fully saturated rings. The van der Waals surface area contributed by atoms with Gasteiger partial charge in [0.1, 0.15) is 5.82 Å². The third-order valence-corrected chi connectivity index (χ3v) is 8.05. The molecule has 5 rings (SSSR count). The number of pyridine rings is 4. The minimum absolute atomic E-state index is 0.0215. The Balaban J connectivity index is 1.25. The van der Waals surface area contributed by atoms with Gasteiger partial charge in [-0.1, -0.05) is 6.07 Å². The van der Waals surface area contributed by atoms with E-state index in [1.54, 1.807) is 6.20 Å². The minimum atomic E-state index is -3.48.